The second-order valence-corrected chi connectivity index (χ2v) is 9.03. The van der Waals surface area contributed by atoms with Gasteiger partial charge < -0.3 is 18.9 Å². The zero-order chi connectivity index (χ0) is 23.5. The largest absolute Gasteiger partial charge is 0.457 e. The van der Waals surface area contributed by atoms with E-state index in [4.69, 9.17) is 21.1 Å². The maximum atomic E-state index is 13.3. The molecule has 1 aliphatic heterocycles. The Hall–Kier alpha value is -3.28. The van der Waals surface area contributed by atoms with Gasteiger partial charge in [-0.15, -0.1) is 0 Å². The second-order valence-electron chi connectivity index (χ2n) is 8.59. The first-order valence-corrected chi connectivity index (χ1v) is 11.9. The van der Waals surface area contributed by atoms with Gasteiger partial charge in [0, 0.05) is 54.6 Å². The lowest BCUT2D eigenvalue weighted by molar-refractivity contribution is -0.135. The Morgan fingerprint density at radius 2 is 1.76 bits per heavy atom. The molecule has 3 aromatic carbocycles. The minimum Gasteiger partial charge on any atom is -0.457 e. The summed E-state index contributed by atoms with van der Waals surface area (Å²) in [4.78, 5) is 15.2. The molecule has 0 unspecified atom stereocenters. The van der Waals surface area contributed by atoms with Crippen LogP contribution in [0, 0.1) is 0 Å². The van der Waals surface area contributed by atoms with Gasteiger partial charge in [-0.2, -0.15) is 0 Å². The summed E-state index contributed by atoms with van der Waals surface area (Å²) in [6, 6.07) is 23.7. The molecule has 0 spiro atoms. The average molecular weight is 475 g/mol. The highest BCUT2D eigenvalue weighted by Gasteiger charge is 2.26. The number of rotatable bonds is 6. The molecule has 0 bridgehead atoms. The smallest absolute Gasteiger partial charge is 0.223 e. The van der Waals surface area contributed by atoms with Crippen molar-refractivity contribution in [2.24, 2.45) is 7.05 Å². The number of aromatic nitrogens is 1. The zero-order valence-electron chi connectivity index (χ0n) is 19.1. The van der Waals surface area contributed by atoms with Crippen LogP contribution in [-0.4, -0.2) is 41.7 Å². The van der Waals surface area contributed by atoms with Gasteiger partial charge in [0.25, 0.3) is 0 Å². The molecule has 1 aliphatic rings. The van der Waals surface area contributed by atoms with Crippen LogP contribution < -0.4 is 4.74 Å². The molecule has 174 valence electrons. The van der Waals surface area contributed by atoms with Crippen molar-refractivity contribution in [1.29, 1.82) is 0 Å². The van der Waals surface area contributed by atoms with Crippen molar-refractivity contribution in [2.75, 3.05) is 26.3 Å². The number of halogens is 1. The number of nitrogens with zero attached hydrogens (tertiary/aromatic N) is 2. The van der Waals surface area contributed by atoms with Crippen molar-refractivity contribution in [2.45, 2.75) is 12.3 Å². The van der Waals surface area contributed by atoms with Gasteiger partial charge in [-0.25, -0.2) is 0 Å². The lowest BCUT2D eigenvalue weighted by atomic mass is 9.87. The van der Waals surface area contributed by atoms with E-state index >= 15 is 0 Å². The molecule has 6 heteroatoms. The first-order chi connectivity index (χ1) is 16.6. The molecule has 5 nitrogen and oxygen atoms in total. The van der Waals surface area contributed by atoms with Crippen LogP contribution >= 0.6 is 11.6 Å². The number of morpholine rings is 1. The van der Waals surface area contributed by atoms with Gasteiger partial charge in [0.15, 0.2) is 0 Å². The van der Waals surface area contributed by atoms with E-state index in [1.165, 1.54) is 0 Å². The summed E-state index contributed by atoms with van der Waals surface area (Å²) in [5, 5.41) is 1.83. The average Bonchev–Trinajstić information content (AvgIpc) is 3.21. The van der Waals surface area contributed by atoms with E-state index in [1.807, 2.05) is 54.4 Å². The highest BCUT2D eigenvalue weighted by Crippen LogP contribution is 2.37. The number of carbonyl (C=O) groups excluding carboxylic acids is 1. The summed E-state index contributed by atoms with van der Waals surface area (Å²) >= 11 is 6.01. The third kappa shape index (κ3) is 4.81. The van der Waals surface area contributed by atoms with Crippen molar-refractivity contribution >= 4 is 28.4 Å². The maximum absolute atomic E-state index is 13.3. The lowest BCUT2D eigenvalue weighted by Gasteiger charge is -2.29. The molecular formula is C28H27ClN2O3. The van der Waals surface area contributed by atoms with Crippen LogP contribution in [-0.2, 0) is 16.6 Å². The second kappa shape index (κ2) is 9.92. The van der Waals surface area contributed by atoms with Crippen molar-refractivity contribution in [3.63, 3.8) is 0 Å². The molecule has 0 radical (unpaired) electrons. The van der Waals surface area contributed by atoms with Crippen LogP contribution in [0.3, 0.4) is 0 Å². The summed E-state index contributed by atoms with van der Waals surface area (Å²) in [6.45, 7) is 2.46. The first kappa shape index (κ1) is 22.5. The Balaban J connectivity index is 1.51. The topological polar surface area (TPSA) is 43.7 Å². The van der Waals surface area contributed by atoms with E-state index in [9.17, 15) is 4.79 Å². The highest BCUT2D eigenvalue weighted by molar-refractivity contribution is 6.30. The summed E-state index contributed by atoms with van der Waals surface area (Å²) in [7, 11) is 2.05. The van der Waals surface area contributed by atoms with Crippen LogP contribution in [0.15, 0.2) is 79.0 Å². The first-order valence-electron chi connectivity index (χ1n) is 11.5. The third-order valence-electron chi connectivity index (χ3n) is 6.36. The lowest BCUT2D eigenvalue weighted by Crippen LogP contribution is -2.41. The van der Waals surface area contributed by atoms with Crippen LogP contribution in [0.5, 0.6) is 11.5 Å². The molecule has 34 heavy (non-hydrogen) atoms. The van der Waals surface area contributed by atoms with Crippen molar-refractivity contribution in [3.8, 4) is 11.5 Å². The molecule has 0 saturated carbocycles. The number of fused-ring (bicyclic) bond motifs is 1. The summed E-state index contributed by atoms with van der Waals surface area (Å²) in [5.74, 6) is 1.48. The van der Waals surface area contributed by atoms with E-state index < -0.39 is 0 Å². The van der Waals surface area contributed by atoms with E-state index in [1.54, 1.807) is 12.1 Å². The predicted molar refractivity (Wildman–Crippen MR) is 135 cm³/mol. The molecule has 5 rings (SSSR count). The monoisotopic (exact) mass is 474 g/mol. The molecule has 1 aromatic heterocycles. The number of aryl methyl sites for hydroxylation is 1. The van der Waals surface area contributed by atoms with Crippen LogP contribution in [0.25, 0.3) is 10.9 Å². The Morgan fingerprint density at radius 1 is 1.00 bits per heavy atom. The Morgan fingerprint density at radius 3 is 2.56 bits per heavy atom. The highest BCUT2D eigenvalue weighted by atomic mass is 35.5. The van der Waals surface area contributed by atoms with Gasteiger partial charge in [0.1, 0.15) is 11.5 Å². The maximum Gasteiger partial charge on any atom is 0.223 e. The fraction of sp³-hybridized carbons (Fsp3) is 0.250. The molecule has 0 aliphatic carbocycles. The summed E-state index contributed by atoms with van der Waals surface area (Å²) in [6.07, 6.45) is 2.53. The number of hydrogen-bond donors (Lipinski definition) is 0. The third-order valence-corrected chi connectivity index (χ3v) is 6.61. The number of benzene rings is 3. The van der Waals surface area contributed by atoms with Crippen molar-refractivity contribution in [3.05, 3.63) is 95.1 Å². The van der Waals surface area contributed by atoms with E-state index in [0.717, 1.165) is 27.8 Å². The minimum absolute atomic E-state index is 0.102. The zero-order valence-corrected chi connectivity index (χ0v) is 19.9. The fourth-order valence-electron chi connectivity index (χ4n) is 4.61. The molecule has 1 saturated heterocycles. The Bertz CT molecular complexity index is 1290. The Kier molecular flexibility index (Phi) is 6.57. The SMILES string of the molecule is Cn1cc([C@@H](CC(=O)N2CCOCC2)c2cccc(Oc3ccc(Cl)cc3)c2)c2ccccc21. The van der Waals surface area contributed by atoms with Crippen LogP contribution in [0.1, 0.15) is 23.5 Å². The van der Waals surface area contributed by atoms with Gasteiger partial charge in [-0.3, -0.25) is 4.79 Å². The number of hydrogen-bond acceptors (Lipinski definition) is 3. The summed E-state index contributed by atoms with van der Waals surface area (Å²) < 4.78 is 13.7. The normalized spacial score (nSPS) is 14.8. The predicted octanol–water partition coefficient (Wildman–Crippen LogP) is 6.00. The minimum atomic E-state index is -0.102. The molecule has 0 N–H and O–H groups in total. The molecule has 1 amide bonds. The van der Waals surface area contributed by atoms with Crippen molar-refractivity contribution in [1.82, 2.24) is 9.47 Å². The molecule has 1 atom stereocenters. The number of ether oxygens (including phenoxy) is 2. The van der Waals surface area contributed by atoms with Gasteiger partial charge in [-0.05, 0) is 53.6 Å². The van der Waals surface area contributed by atoms with E-state index in [-0.39, 0.29) is 11.8 Å². The number of amides is 1. The molecule has 2 heterocycles. The number of para-hydroxylation sites is 1. The Labute approximate surface area is 204 Å². The van der Waals surface area contributed by atoms with Crippen molar-refractivity contribution < 1.29 is 14.3 Å². The van der Waals surface area contributed by atoms with Crippen LogP contribution in [0.2, 0.25) is 5.02 Å². The van der Waals surface area contributed by atoms with Gasteiger partial charge >= 0.3 is 0 Å². The fourth-order valence-corrected chi connectivity index (χ4v) is 4.73. The van der Waals surface area contributed by atoms with Gasteiger partial charge in [0.2, 0.25) is 5.91 Å². The van der Waals surface area contributed by atoms with Gasteiger partial charge in [0.05, 0.1) is 13.2 Å². The molecule has 1 fully saturated rings. The van der Waals surface area contributed by atoms with E-state index in [2.05, 4.69) is 29.0 Å². The van der Waals surface area contributed by atoms with E-state index in [0.29, 0.717) is 43.5 Å². The molecule has 4 aromatic rings. The summed E-state index contributed by atoms with van der Waals surface area (Å²) in [5.41, 5.74) is 3.34. The molecular weight excluding hydrogens is 448 g/mol. The number of carbonyl (C=O) groups is 1. The standard InChI is InChI=1S/C28H27ClN2O3/c1-30-19-26(24-7-2-3-8-27(24)30)25(18-28(32)31-13-15-33-16-14-31)20-5-4-6-23(17-20)34-22-11-9-21(29)10-12-22/h2-12,17,19,25H,13-16,18H2,1H3/t25-/m0/s1. The van der Waals surface area contributed by atoms with Crippen LogP contribution in [0.4, 0.5) is 0 Å². The van der Waals surface area contributed by atoms with Gasteiger partial charge in [-0.1, -0.05) is 41.9 Å². The quantitative estimate of drug-likeness (QED) is 0.344.